The van der Waals surface area contributed by atoms with Gasteiger partial charge in [-0.15, -0.1) is 0 Å². The van der Waals surface area contributed by atoms with Crippen molar-refractivity contribution in [3.8, 4) is 11.5 Å². The van der Waals surface area contributed by atoms with Crippen LogP contribution in [0.2, 0.25) is 0 Å². The van der Waals surface area contributed by atoms with E-state index in [1.807, 2.05) is 52.0 Å². The summed E-state index contributed by atoms with van der Waals surface area (Å²) in [7, 11) is 0. The number of carbonyl (C=O) groups is 2. The highest BCUT2D eigenvalue weighted by Gasteiger charge is 2.29. The Bertz CT molecular complexity index is 1230. The van der Waals surface area contributed by atoms with Gasteiger partial charge >= 0.3 is 0 Å². The SMILES string of the molecule is C=CC(=O)C(C)(C)OCCC(C)(C)Oc1ccc(C(C)(C)c2ccc(OC(C)C(C)COC(C)(C)C(=O)C=C)cc2)cc1. The van der Waals surface area contributed by atoms with Gasteiger partial charge in [-0.25, -0.2) is 0 Å². The van der Waals surface area contributed by atoms with Gasteiger partial charge in [-0.05, 0) is 96.0 Å². The molecule has 0 saturated carbocycles. The summed E-state index contributed by atoms with van der Waals surface area (Å²) in [5.74, 6) is 1.37. The van der Waals surface area contributed by atoms with Gasteiger partial charge in [-0.1, -0.05) is 58.2 Å². The van der Waals surface area contributed by atoms with E-state index in [0.717, 1.165) is 22.6 Å². The van der Waals surface area contributed by atoms with Gasteiger partial charge in [-0.3, -0.25) is 9.59 Å². The molecule has 2 atom stereocenters. The van der Waals surface area contributed by atoms with Gasteiger partial charge in [0.1, 0.15) is 34.4 Å². The van der Waals surface area contributed by atoms with Crippen LogP contribution in [0.1, 0.15) is 86.8 Å². The van der Waals surface area contributed by atoms with Crippen LogP contribution in [0.25, 0.3) is 0 Å². The second-order valence-electron chi connectivity index (χ2n) is 13.4. The third-order valence-electron chi connectivity index (χ3n) is 8.10. The minimum Gasteiger partial charge on any atom is -0.490 e. The Hall–Kier alpha value is -3.22. The zero-order chi connectivity index (χ0) is 32.6. The van der Waals surface area contributed by atoms with Crippen molar-refractivity contribution in [2.24, 2.45) is 5.92 Å². The van der Waals surface area contributed by atoms with Crippen molar-refractivity contribution in [3.05, 3.63) is 85.0 Å². The minimum atomic E-state index is -0.899. The van der Waals surface area contributed by atoms with E-state index in [4.69, 9.17) is 18.9 Å². The van der Waals surface area contributed by atoms with Crippen molar-refractivity contribution in [2.75, 3.05) is 13.2 Å². The van der Waals surface area contributed by atoms with Gasteiger partial charge in [0, 0.05) is 17.8 Å². The van der Waals surface area contributed by atoms with E-state index in [1.54, 1.807) is 27.7 Å². The monoisotopic (exact) mass is 592 g/mol. The predicted octanol–water partition coefficient (Wildman–Crippen LogP) is 8.06. The maximum Gasteiger partial charge on any atom is 0.186 e. The number of hydrogen-bond donors (Lipinski definition) is 0. The summed E-state index contributed by atoms with van der Waals surface area (Å²) < 4.78 is 24.1. The average molecular weight is 593 g/mol. The summed E-state index contributed by atoms with van der Waals surface area (Å²) in [5.41, 5.74) is -0.178. The van der Waals surface area contributed by atoms with Gasteiger partial charge < -0.3 is 18.9 Å². The molecule has 0 aliphatic carbocycles. The molecule has 0 radical (unpaired) electrons. The summed E-state index contributed by atoms with van der Waals surface area (Å²) in [4.78, 5) is 23.9. The first-order valence-corrected chi connectivity index (χ1v) is 15.0. The molecule has 0 aliphatic rings. The quantitative estimate of drug-likeness (QED) is 0.163. The van der Waals surface area contributed by atoms with Crippen LogP contribution in [0.5, 0.6) is 11.5 Å². The van der Waals surface area contributed by atoms with Crippen molar-refractivity contribution < 1.29 is 28.5 Å². The van der Waals surface area contributed by atoms with Gasteiger partial charge in [0.25, 0.3) is 0 Å². The van der Waals surface area contributed by atoms with Crippen LogP contribution in [0.3, 0.4) is 0 Å². The molecule has 2 aromatic rings. The lowest BCUT2D eigenvalue weighted by Crippen LogP contribution is -2.37. The van der Waals surface area contributed by atoms with Crippen LogP contribution < -0.4 is 9.47 Å². The van der Waals surface area contributed by atoms with Crippen LogP contribution in [0, 0.1) is 5.92 Å². The van der Waals surface area contributed by atoms with Crippen LogP contribution >= 0.6 is 0 Å². The molecular weight excluding hydrogens is 540 g/mol. The highest BCUT2D eigenvalue weighted by atomic mass is 16.5. The molecule has 0 saturated heterocycles. The molecule has 0 aromatic heterocycles. The van der Waals surface area contributed by atoms with E-state index in [1.165, 1.54) is 12.2 Å². The fourth-order valence-electron chi connectivity index (χ4n) is 4.42. The fraction of sp³-hybridized carbons (Fsp3) is 0.514. The smallest absolute Gasteiger partial charge is 0.186 e. The zero-order valence-corrected chi connectivity index (χ0v) is 27.9. The maximum atomic E-state index is 12.0. The number of ether oxygens (including phenoxy) is 4. The molecule has 6 nitrogen and oxygen atoms in total. The lowest BCUT2D eigenvalue weighted by atomic mass is 9.78. The van der Waals surface area contributed by atoms with E-state index in [-0.39, 0.29) is 29.0 Å². The highest BCUT2D eigenvalue weighted by Crippen LogP contribution is 2.34. The summed E-state index contributed by atoms with van der Waals surface area (Å²) in [6.07, 6.45) is 3.12. The largest absolute Gasteiger partial charge is 0.490 e. The molecule has 0 amide bonds. The Kier molecular flexibility index (Phi) is 12.1. The number of benzene rings is 2. The van der Waals surface area contributed by atoms with Crippen molar-refractivity contribution in [1.29, 1.82) is 0 Å². The summed E-state index contributed by atoms with van der Waals surface area (Å²) in [6.45, 7) is 27.4. The van der Waals surface area contributed by atoms with Gasteiger partial charge in [0.2, 0.25) is 0 Å². The minimum absolute atomic E-state index is 0.0829. The Morgan fingerprint density at radius 1 is 0.721 bits per heavy atom. The van der Waals surface area contributed by atoms with Gasteiger partial charge in [0.05, 0.1) is 13.2 Å². The molecule has 0 N–H and O–H groups in total. The summed E-state index contributed by atoms with van der Waals surface area (Å²) in [6, 6.07) is 16.4. The fourth-order valence-corrected chi connectivity index (χ4v) is 4.42. The van der Waals surface area contributed by atoms with Crippen molar-refractivity contribution >= 4 is 11.6 Å². The standard InChI is InChI=1S/C37H52O6/c1-13-32(38)36(9,10)40-24-23-34(5,6)43-31-21-17-29(18-22-31)35(7,8)28-15-19-30(20-16-28)42-27(4)26(3)25-41-37(11,12)33(39)14-2/h13-22,26-27H,1-2,23-25H2,3-12H3. The number of ketones is 2. The first-order valence-electron chi connectivity index (χ1n) is 15.0. The Labute approximate surface area is 259 Å². The van der Waals surface area contributed by atoms with Crippen molar-refractivity contribution in [1.82, 2.24) is 0 Å². The molecule has 0 fully saturated rings. The molecule has 6 heteroatoms. The predicted molar refractivity (Wildman–Crippen MR) is 174 cm³/mol. The molecule has 2 aromatic carbocycles. The molecule has 0 spiro atoms. The molecule has 236 valence electrons. The first-order chi connectivity index (χ1) is 19.8. The van der Waals surface area contributed by atoms with E-state index in [0.29, 0.717) is 19.6 Å². The number of carbonyl (C=O) groups excluding carboxylic acids is 2. The zero-order valence-electron chi connectivity index (χ0n) is 27.9. The van der Waals surface area contributed by atoms with E-state index < -0.39 is 16.8 Å². The topological polar surface area (TPSA) is 71.1 Å². The van der Waals surface area contributed by atoms with Crippen molar-refractivity contribution in [2.45, 2.75) is 104 Å². The Morgan fingerprint density at radius 3 is 1.63 bits per heavy atom. The van der Waals surface area contributed by atoms with Crippen molar-refractivity contribution in [3.63, 3.8) is 0 Å². The normalized spacial score (nSPS) is 14.0. The van der Waals surface area contributed by atoms with Crippen LogP contribution in [0.4, 0.5) is 0 Å². The number of rotatable bonds is 18. The van der Waals surface area contributed by atoms with Crippen LogP contribution in [0.15, 0.2) is 73.8 Å². The Morgan fingerprint density at radius 2 is 1.16 bits per heavy atom. The third-order valence-corrected chi connectivity index (χ3v) is 8.10. The molecule has 0 aliphatic heterocycles. The van der Waals surface area contributed by atoms with Gasteiger partial charge in [0.15, 0.2) is 11.6 Å². The number of hydrogen-bond acceptors (Lipinski definition) is 6. The molecule has 0 bridgehead atoms. The average Bonchev–Trinajstić information content (AvgIpc) is 2.94. The maximum absolute atomic E-state index is 12.0. The summed E-state index contributed by atoms with van der Waals surface area (Å²) in [5, 5.41) is 0. The molecule has 0 heterocycles. The molecule has 2 rings (SSSR count). The second kappa shape index (κ2) is 14.5. The third kappa shape index (κ3) is 10.2. The highest BCUT2D eigenvalue weighted by molar-refractivity contribution is 5.96. The molecule has 43 heavy (non-hydrogen) atoms. The lowest BCUT2D eigenvalue weighted by Gasteiger charge is -2.30. The second-order valence-corrected chi connectivity index (χ2v) is 13.4. The van der Waals surface area contributed by atoms with Crippen LogP contribution in [-0.2, 0) is 24.5 Å². The molecule has 2 unspecified atom stereocenters. The van der Waals surface area contributed by atoms with E-state index in [9.17, 15) is 9.59 Å². The summed E-state index contributed by atoms with van der Waals surface area (Å²) >= 11 is 0. The Balaban J connectivity index is 1.98. The molecular formula is C37H52O6. The lowest BCUT2D eigenvalue weighted by molar-refractivity contribution is -0.137. The van der Waals surface area contributed by atoms with E-state index >= 15 is 0 Å². The van der Waals surface area contributed by atoms with E-state index in [2.05, 4.69) is 51.3 Å². The van der Waals surface area contributed by atoms with Crippen LogP contribution in [-0.4, -0.2) is 47.7 Å². The van der Waals surface area contributed by atoms with Gasteiger partial charge in [-0.2, -0.15) is 0 Å². The first kappa shape index (κ1) is 36.0.